The van der Waals surface area contributed by atoms with Crippen LogP contribution >= 0.6 is 0 Å². The van der Waals surface area contributed by atoms with Gasteiger partial charge >= 0.3 is 0 Å². The lowest BCUT2D eigenvalue weighted by Crippen LogP contribution is -2.19. The number of imide groups is 1. The zero-order valence-electron chi connectivity index (χ0n) is 16.9. The average molecular weight is 417 g/mol. The van der Waals surface area contributed by atoms with Crippen LogP contribution < -0.4 is 21.7 Å². The Kier molecular flexibility index (Phi) is 4.87. The third-order valence-corrected chi connectivity index (χ3v) is 5.43. The number of carbonyl (C=O) groups excluding carboxylic acids is 2. The maximum Gasteiger partial charge on any atom is 0.254 e. The number of nitrogens with zero attached hydrogens (tertiary/aromatic N) is 3. The fourth-order valence-corrected chi connectivity index (χ4v) is 3.58. The molecule has 2 fully saturated rings. The van der Waals surface area contributed by atoms with Crippen molar-refractivity contribution in [3.05, 3.63) is 53.2 Å². The maximum atomic E-state index is 12.0. The second kappa shape index (κ2) is 7.84. The van der Waals surface area contributed by atoms with Crippen molar-refractivity contribution in [3.63, 3.8) is 0 Å². The molecule has 158 valence electrons. The van der Waals surface area contributed by atoms with Crippen LogP contribution in [-0.2, 0) is 16.1 Å². The second-order valence-electron chi connectivity index (χ2n) is 7.94. The fourth-order valence-electron chi connectivity index (χ4n) is 3.58. The molecule has 2 aliphatic rings. The number of nitrogens with two attached hydrogens (primary N) is 1. The Morgan fingerprint density at radius 3 is 2.87 bits per heavy atom. The first-order valence-electron chi connectivity index (χ1n) is 10.3. The molecule has 9 heteroatoms. The Morgan fingerprint density at radius 2 is 2.13 bits per heavy atom. The van der Waals surface area contributed by atoms with Gasteiger partial charge < -0.3 is 16.4 Å². The number of rotatable bonds is 7. The van der Waals surface area contributed by atoms with Crippen LogP contribution in [0.4, 0.5) is 17.3 Å². The third kappa shape index (κ3) is 4.13. The molecule has 3 heterocycles. The SMILES string of the molecule is NCc1cccc(Nc2cc(NCC3CC3)n3ncc(/C=C4\CC(=O)NC4=O)c3n2)c1. The van der Waals surface area contributed by atoms with E-state index in [0.717, 1.165) is 23.6 Å². The van der Waals surface area contributed by atoms with Crippen LogP contribution in [0, 0.1) is 5.92 Å². The molecule has 0 unspecified atom stereocenters. The van der Waals surface area contributed by atoms with Crippen molar-refractivity contribution < 1.29 is 9.59 Å². The molecule has 3 aromatic rings. The van der Waals surface area contributed by atoms with Crippen molar-refractivity contribution in [1.82, 2.24) is 19.9 Å². The van der Waals surface area contributed by atoms with E-state index in [9.17, 15) is 9.59 Å². The highest BCUT2D eigenvalue weighted by Gasteiger charge is 2.25. The number of fused-ring (bicyclic) bond motifs is 1. The Morgan fingerprint density at radius 1 is 1.26 bits per heavy atom. The van der Waals surface area contributed by atoms with E-state index in [2.05, 4.69) is 21.0 Å². The molecule has 5 N–H and O–H groups in total. The van der Waals surface area contributed by atoms with Gasteiger partial charge in [0.15, 0.2) is 5.65 Å². The zero-order chi connectivity index (χ0) is 21.4. The molecule has 5 rings (SSSR count). The van der Waals surface area contributed by atoms with Crippen molar-refractivity contribution in [2.45, 2.75) is 25.8 Å². The number of hydrogen-bond donors (Lipinski definition) is 4. The fraction of sp³-hybridized carbons (Fsp3) is 0.273. The standard InChI is InChI=1S/C22H23N7O2/c23-10-14-2-1-3-17(6-14)26-18-9-19(24-11-13-4-5-13)29-21(27-18)16(12-25-29)7-15-8-20(30)28-22(15)31/h1-3,6-7,9,12-13,24H,4-5,8,10-11,23H2,(H,26,27)(H,28,30,31)/b15-7+. The number of anilines is 3. The quantitative estimate of drug-likeness (QED) is 0.343. The van der Waals surface area contributed by atoms with Gasteiger partial charge in [-0.25, -0.2) is 4.98 Å². The topological polar surface area (TPSA) is 126 Å². The highest BCUT2D eigenvalue weighted by molar-refractivity contribution is 6.15. The summed E-state index contributed by atoms with van der Waals surface area (Å²) in [5, 5.41) is 13.6. The summed E-state index contributed by atoms with van der Waals surface area (Å²) in [6.07, 6.45) is 5.87. The number of benzene rings is 1. The van der Waals surface area contributed by atoms with Gasteiger partial charge in [0.1, 0.15) is 11.6 Å². The summed E-state index contributed by atoms with van der Waals surface area (Å²) in [5.74, 6) is 1.48. The number of aromatic nitrogens is 3. The molecular weight excluding hydrogens is 394 g/mol. The van der Waals surface area contributed by atoms with E-state index < -0.39 is 0 Å². The summed E-state index contributed by atoms with van der Waals surface area (Å²) in [5.41, 5.74) is 9.34. The molecule has 0 radical (unpaired) electrons. The number of carbonyl (C=O) groups is 2. The van der Waals surface area contributed by atoms with Crippen LogP contribution in [0.5, 0.6) is 0 Å². The number of hydrogen-bond acceptors (Lipinski definition) is 7. The molecule has 1 aliphatic heterocycles. The molecule has 1 saturated carbocycles. The van der Waals surface area contributed by atoms with E-state index >= 15 is 0 Å². The van der Waals surface area contributed by atoms with Gasteiger partial charge in [-0.05, 0) is 42.5 Å². The molecule has 0 atom stereocenters. The average Bonchev–Trinajstić information content (AvgIpc) is 3.43. The van der Waals surface area contributed by atoms with Gasteiger partial charge in [-0.15, -0.1) is 0 Å². The predicted molar refractivity (Wildman–Crippen MR) is 118 cm³/mol. The molecule has 0 bridgehead atoms. The van der Waals surface area contributed by atoms with E-state index in [1.165, 1.54) is 12.8 Å². The van der Waals surface area contributed by atoms with Gasteiger partial charge in [0.05, 0.1) is 12.6 Å². The highest BCUT2D eigenvalue weighted by atomic mass is 16.2. The minimum Gasteiger partial charge on any atom is -0.370 e. The van der Waals surface area contributed by atoms with Gasteiger partial charge in [-0.3, -0.25) is 14.9 Å². The van der Waals surface area contributed by atoms with Crippen LogP contribution in [-0.4, -0.2) is 33.0 Å². The van der Waals surface area contributed by atoms with Crippen molar-refractivity contribution in [2.24, 2.45) is 11.7 Å². The summed E-state index contributed by atoms with van der Waals surface area (Å²) in [7, 11) is 0. The van der Waals surface area contributed by atoms with Crippen LogP contribution in [0.3, 0.4) is 0 Å². The predicted octanol–water partition coefficient (Wildman–Crippen LogP) is 2.18. The summed E-state index contributed by atoms with van der Waals surface area (Å²) < 4.78 is 1.73. The van der Waals surface area contributed by atoms with E-state index in [1.54, 1.807) is 16.8 Å². The van der Waals surface area contributed by atoms with Crippen molar-refractivity contribution in [2.75, 3.05) is 17.2 Å². The van der Waals surface area contributed by atoms with Crippen LogP contribution in [0.2, 0.25) is 0 Å². The molecule has 1 aliphatic carbocycles. The van der Waals surface area contributed by atoms with Crippen molar-refractivity contribution in [3.8, 4) is 0 Å². The van der Waals surface area contributed by atoms with Crippen molar-refractivity contribution >= 4 is 40.9 Å². The van der Waals surface area contributed by atoms with Crippen molar-refractivity contribution in [1.29, 1.82) is 0 Å². The molecule has 9 nitrogen and oxygen atoms in total. The lowest BCUT2D eigenvalue weighted by molar-refractivity contribution is -0.124. The zero-order valence-corrected chi connectivity index (χ0v) is 16.9. The van der Waals surface area contributed by atoms with Gasteiger partial charge in [0.25, 0.3) is 5.91 Å². The van der Waals surface area contributed by atoms with Gasteiger partial charge in [-0.1, -0.05) is 12.1 Å². The maximum absolute atomic E-state index is 12.0. The summed E-state index contributed by atoms with van der Waals surface area (Å²) in [6.45, 7) is 1.33. The first-order chi connectivity index (χ1) is 15.1. The van der Waals surface area contributed by atoms with E-state index in [1.807, 2.05) is 30.3 Å². The lowest BCUT2D eigenvalue weighted by atomic mass is 10.1. The minimum atomic E-state index is -0.371. The third-order valence-electron chi connectivity index (χ3n) is 5.43. The number of amides is 2. The Balaban J connectivity index is 1.54. The molecule has 0 spiro atoms. The van der Waals surface area contributed by atoms with Gasteiger partial charge in [0, 0.05) is 36.0 Å². The van der Waals surface area contributed by atoms with Gasteiger partial charge in [0.2, 0.25) is 5.91 Å². The van der Waals surface area contributed by atoms with E-state index in [4.69, 9.17) is 10.7 Å². The summed E-state index contributed by atoms with van der Waals surface area (Å²) in [4.78, 5) is 28.3. The summed E-state index contributed by atoms with van der Waals surface area (Å²) in [6, 6.07) is 9.77. The molecule has 1 saturated heterocycles. The van der Waals surface area contributed by atoms with E-state index in [0.29, 0.717) is 35.1 Å². The Labute approximate surface area is 178 Å². The highest BCUT2D eigenvalue weighted by Crippen LogP contribution is 2.30. The van der Waals surface area contributed by atoms with Crippen LogP contribution in [0.15, 0.2) is 42.1 Å². The molecule has 2 amide bonds. The second-order valence-corrected chi connectivity index (χ2v) is 7.94. The normalized spacial score (nSPS) is 17.4. The largest absolute Gasteiger partial charge is 0.370 e. The molecular formula is C22H23N7O2. The molecule has 31 heavy (non-hydrogen) atoms. The number of nitrogens with one attached hydrogen (secondary N) is 3. The van der Waals surface area contributed by atoms with Crippen LogP contribution in [0.1, 0.15) is 30.4 Å². The molecule has 2 aromatic heterocycles. The minimum absolute atomic E-state index is 0.0623. The smallest absolute Gasteiger partial charge is 0.254 e. The van der Waals surface area contributed by atoms with Crippen LogP contribution in [0.25, 0.3) is 11.7 Å². The Bertz CT molecular complexity index is 1210. The monoisotopic (exact) mass is 417 g/mol. The first-order valence-corrected chi connectivity index (χ1v) is 10.3. The van der Waals surface area contributed by atoms with Gasteiger partial charge in [-0.2, -0.15) is 9.61 Å². The lowest BCUT2D eigenvalue weighted by Gasteiger charge is -2.12. The Hall–Kier alpha value is -3.72. The van der Waals surface area contributed by atoms with E-state index in [-0.39, 0.29) is 18.2 Å². The summed E-state index contributed by atoms with van der Waals surface area (Å²) >= 11 is 0. The molecule has 1 aromatic carbocycles. The first kappa shape index (κ1) is 19.3.